The summed E-state index contributed by atoms with van der Waals surface area (Å²) >= 11 is 0. The topological polar surface area (TPSA) is 93.7 Å². The van der Waals surface area contributed by atoms with Crippen LogP contribution in [0.1, 0.15) is 28.4 Å². The van der Waals surface area contributed by atoms with Gasteiger partial charge >= 0.3 is 0 Å². The van der Waals surface area contributed by atoms with Gasteiger partial charge in [0.2, 0.25) is 0 Å². The van der Waals surface area contributed by atoms with E-state index in [0.717, 1.165) is 11.1 Å². The predicted molar refractivity (Wildman–Crippen MR) is 130 cm³/mol. The van der Waals surface area contributed by atoms with Gasteiger partial charge in [0.1, 0.15) is 12.4 Å². The fourth-order valence-corrected chi connectivity index (χ4v) is 4.38. The average Bonchev–Trinajstić information content (AvgIpc) is 2.80. The maximum absolute atomic E-state index is 12.8. The van der Waals surface area contributed by atoms with Crippen LogP contribution in [-0.4, -0.2) is 34.1 Å². The highest BCUT2D eigenvalue weighted by Crippen LogP contribution is 2.24. The highest BCUT2D eigenvalue weighted by Gasteiger charge is 2.17. The summed E-state index contributed by atoms with van der Waals surface area (Å²) in [5, 5.41) is 2.77. The van der Waals surface area contributed by atoms with Crippen LogP contribution in [-0.2, 0) is 14.8 Å². The number of carbonyl (C=O) groups is 1. The zero-order valence-electron chi connectivity index (χ0n) is 18.9. The Labute approximate surface area is 194 Å². The molecule has 0 aliphatic rings. The first-order valence-corrected chi connectivity index (χ1v) is 12.1. The molecule has 0 aliphatic heterocycles. The molecule has 0 bridgehead atoms. The second-order valence-electron chi connectivity index (χ2n) is 7.42. The molecule has 0 spiro atoms. The molecule has 0 aliphatic carbocycles. The molecule has 0 fully saturated rings. The summed E-state index contributed by atoms with van der Waals surface area (Å²) < 4.78 is 39.1. The summed E-state index contributed by atoms with van der Waals surface area (Å²) in [5.74, 6) is 0.246. The maximum atomic E-state index is 12.8. The third kappa shape index (κ3) is 6.57. The first-order valence-electron chi connectivity index (χ1n) is 10.6. The predicted octanol–water partition coefficient (Wildman–Crippen LogP) is 4.77. The molecule has 174 valence electrons. The lowest BCUT2D eigenvalue weighted by molar-refractivity contribution is 0.102. The van der Waals surface area contributed by atoms with Crippen molar-refractivity contribution in [2.45, 2.75) is 25.7 Å². The molecule has 2 N–H and O–H groups in total. The quantitative estimate of drug-likeness (QED) is 0.418. The number of carbonyl (C=O) groups excluding carboxylic acids is 1. The summed E-state index contributed by atoms with van der Waals surface area (Å²) in [6.07, 6.45) is 0. The Hall–Kier alpha value is -3.36. The Morgan fingerprint density at radius 2 is 1.58 bits per heavy atom. The van der Waals surface area contributed by atoms with Crippen molar-refractivity contribution in [3.8, 4) is 5.75 Å². The van der Waals surface area contributed by atoms with Crippen LogP contribution in [0.5, 0.6) is 5.75 Å². The van der Waals surface area contributed by atoms with Crippen LogP contribution in [0, 0.1) is 13.8 Å². The lowest BCUT2D eigenvalue weighted by Gasteiger charge is -2.13. The number of rotatable bonds is 10. The first-order chi connectivity index (χ1) is 15.8. The molecule has 3 aromatic carbocycles. The minimum absolute atomic E-state index is 0.104. The second-order valence-corrected chi connectivity index (χ2v) is 9.11. The Kier molecular flexibility index (Phi) is 8.08. The van der Waals surface area contributed by atoms with Crippen LogP contribution in [0.15, 0.2) is 71.6 Å². The Morgan fingerprint density at radius 3 is 2.24 bits per heavy atom. The van der Waals surface area contributed by atoms with Gasteiger partial charge in [0.25, 0.3) is 15.9 Å². The number of benzene rings is 3. The van der Waals surface area contributed by atoms with Gasteiger partial charge in [-0.2, -0.15) is 0 Å². The monoisotopic (exact) mass is 468 g/mol. The number of ether oxygens (including phenoxy) is 2. The fraction of sp³-hybridized carbons (Fsp3) is 0.240. The van der Waals surface area contributed by atoms with E-state index in [1.165, 1.54) is 12.1 Å². The Morgan fingerprint density at radius 1 is 0.909 bits per heavy atom. The minimum Gasteiger partial charge on any atom is -0.491 e. The molecule has 0 atom stereocenters. The minimum atomic E-state index is -3.76. The van der Waals surface area contributed by atoms with Crippen LogP contribution in [0.25, 0.3) is 0 Å². The number of sulfonamides is 1. The van der Waals surface area contributed by atoms with Crippen molar-refractivity contribution in [3.63, 3.8) is 0 Å². The van der Waals surface area contributed by atoms with Gasteiger partial charge in [-0.1, -0.05) is 24.3 Å². The molecule has 0 saturated carbocycles. The zero-order chi connectivity index (χ0) is 23.8. The normalized spacial score (nSPS) is 11.1. The number of para-hydroxylation sites is 1. The van der Waals surface area contributed by atoms with E-state index in [9.17, 15) is 13.2 Å². The van der Waals surface area contributed by atoms with Gasteiger partial charge in [0.05, 0.1) is 17.2 Å². The third-order valence-electron chi connectivity index (χ3n) is 4.94. The summed E-state index contributed by atoms with van der Waals surface area (Å²) in [6, 6.07) is 18.4. The SMILES string of the molecule is CCOCCOc1cccc(C(=O)Nc2ccc(S(=O)(=O)Nc3c(C)cccc3C)cc2)c1. The first kappa shape index (κ1) is 24.3. The third-order valence-corrected chi connectivity index (χ3v) is 6.30. The smallest absolute Gasteiger partial charge is 0.261 e. The maximum Gasteiger partial charge on any atom is 0.261 e. The van der Waals surface area contributed by atoms with Crippen LogP contribution < -0.4 is 14.8 Å². The summed E-state index contributed by atoms with van der Waals surface area (Å²) in [4.78, 5) is 12.7. The van der Waals surface area contributed by atoms with E-state index in [0.29, 0.717) is 42.5 Å². The number of aryl methyl sites for hydroxylation is 2. The Balaban J connectivity index is 1.66. The highest BCUT2D eigenvalue weighted by molar-refractivity contribution is 7.92. The molecule has 0 unspecified atom stereocenters. The van der Waals surface area contributed by atoms with E-state index in [1.54, 1.807) is 36.4 Å². The van der Waals surface area contributed by atoms with Crippen molar-refractivity contribution in [3.05, 3.63) is 83.4 Å². The van der Waals surface area contributed by atoms with Crippen molar-refractivity contribution < 1.29 is 22.7 Å². The van der Waals surface area contributed by atoms with E-state index in [2.05, 4.69) is 10.0 Å². The van der Waals surface area contributed by atoms with Crippen molar-refractivity contribution in [1.29, 1.82) is 0 Å². The van der Waals surface area contributed by atoms with E-state index in [-0.39, 0.29) is 10.8 Å². The molecular formula is C25H28N2O5S. The van der Waals surface area contributed by atoms with Crippen LogP contribution in [0.4, 0.5) is 11.4 Å². The molecule has 0 heterocycles. The van der Waals surface area contributed by atoms with Crippen LogP contribution >= 0.6 is 0 Å². The lowest BCUT2D eigenvalue weighted by Crippen LogP contribution is -2.15. The molecule has 0 aromatic heterocycles. The van der Waals surface area contributed by atoms with Crippen molar-refractivity contribution in [1.82, 2.24) is 0 Å². The van der Waals surface area contributed by atoms with Crippen LogP contribution in [0.3, 0.4) is 0 Å². The second kappa shape index (κ2) is 11.0. The summed E-state index contributed by atoms with van der Waals surface area (Å²) in [7, 11) is -3.76. The zero-order valence-corrected chi connectivity index (χ0v) is 19.7. The van der Waals surface area contributed by atoms with Gasteiger partial charge in [-0.05, 0) is 74.4 Å². The summed E-state index contributed by atoms with van der Waals surface area (Å²) in [6.45, 7) is 7.10. The molecule has 8 heteroatoms. The lowest BCUT2D eigenvalue weighted by atomic mass is 10.1. The molecule has 3 aromatic rings. The summed E-state index contributed by atoms with van der Waals surface area (Å²) in [5.41, 5.74) is 3.15. The Bertz CT molecular complexity index is 1190. The van der Waals surface area contributed by atoms with Gasteiger partial charge < -0.3 is 14.8 Å². The van der Waals surface area contributed by atoms with Gasteiger partial charge in [-0.25, -0.2) is 8.42 Å². The standard InChI is InChI=1S/C25H28N2O5S/c1-4-31-15-16-32-22-10-6-9-20(17-22)25(28)26-21-11-13-23(14-12-21)33(29,30)27-24-18(2)7-5-8-19(24)3/h5-14,17,27H,4,15-16H2,1-3H3,(H,26,28). The number of hydrogen-bond acceptors (Lipinski definition) is 5. The van der Waals surface area contributed by atoms with E-state index >= 15 is 0 Å². The molecule has 7 nitrogen and oxygen atoms in total. The number of amides is 1. The van der Waals surface area contributed by atoms with E-state index in [4.69, 9.17) is 9.47 Å². The van der Waals surface area contributed by atoms with E-state index < -0.39 is 10.0 Å². The van der Waals surface area contributed by atoms with Gasteiger partial charge in [-0.15, -0.1) is 0 Å². The molecular weight excluding hydrogens is 440 g/mol. The van der Waals surface area contributed by atoms with Gasteiger partial charge in [0.15, 0.2) is 0 Å². The number of hydrogen-bond donors (Lipinski definition) is 2. The van der Waals surface area contributed by atoms with Crippen molar-refractivity contribution >= 4 is 27.3 Å². The number of anilines is 2. The van der Waals surface area contributed by atoms with E-state index in [1.807, 2.05) is 39.0 Å². The fourth-order valence-electron chi connectivity index (χ4n) is 3.18. The molecule has 1 amide bonds. The molecule has 33 heavy (non-hydrogen) atoms. The largest absolute Gasteiger partial charge is 0.491 e. The van der Waals surface area contributed by atoms with Crippen molar-refractivity contribution in [2.75, 3.05) is 29.9 Å². The van der Waals surface area contributed by atoms with Crippen LogP contribution in [0.2, 0.25) is 0 Å². The number of nitrogens with one attached hydrogen (secondary N) is 2. The molecule has 0 saturated heterocycles. The van der Waals surface area contributed by atoms with Gasteiger partial charge in [0, 0.05) is 17.9 Å². The average molecular weight is 469 g/mol. The molecule has 0 radical (unpaired) electrons. The van der Waals surface area contributed by atoms with Gasteiger partial charge in [-0.3, -0.25) is 9.52 Å². The molecule has 3 rings (SSSR count). The highest BCUT2D eigenvalue weighted by atomic mass is 32.2. The van der Waals surface area contributed by atoms with Crippen molar-refractivity contribution in [2.24, 2.45) is 0 Å².